The Kier molecular flexibility index (Phi) is 6.89. The zero-order valence-corrected chi connectivity index (χ0v) is 15.3. The number of benzene rings is 2. The van der Waals surface area contributed by atoms with E-state index in [1.165, 1.54) is 6.92 Å². The van der Waals surface area contributed by atoms with E-state index < -0.39 is 0 Å². The minimum absolute atomic E-state index is 0.0330. The summed E-state index contributed by atoms with van der Waals surface area (Å²) in [5.41, 5.74) is 1.82. The Labute approximate surface area is 157 Å². The average molecular weight is 374 g/mol. The van der Waals surface area contributed by atoms with Crippen LogP contribution in [0, 0.1) is 0 Å². The number of rotatable bonds is 7. The molecule has 0 fully saturated rings. The fraction of sp³-hybridized carbons (Fsp3) is 0.211. The molecule has 136 valence electrons. The van der Waals surface area contributed by atoms with Gasteiger partial charge in [0.25, 0.3) is 0 Å². The van der Waals surface area contributed by atoms with Crippen LogP contribution in [0.5, 0.6) is 0 Å². The minimum atomic E-state index is -0.248. The summed E-state index contributed by atoms with van der Waals surface area (Å²) in [6.45, 7) is 1.61. The van der Waals surface area contributed by atoms with Crippen LogP contribution in [0.15, 0.2) is 48.5 Å². The van der Waals surface area contributed by atoms with Gasteiger partial charge in [0.05, 0.1) is 13.1 Å². The van der Waals surface area contributed by atoms with E-state index in [2.05, 4.69) is 10.6 Å². The van der Waals surface area contributed by atoms with Crippen molar-refractivity contribution < 1.29 is 14.4 Å². The second kappa shape index (κ2) is 9.12. The van der Waals surface area contributed by atoms with Gasteiger partial charge < -0.3 is 10.6 Å². The van der Waals surface area contributed by atoms with Gasteiger partial charge in [0, 0.05) is 22.0 Å². The van der Waals surface area contributed by atoms with E-state index >= 15 is 0 Å². The van der Waals surface area contributed by atoms with E-state index in [9.17, 15) is 14.4 Å². The Hall–Kier alpha value is -2.70. The first-order valence-electron chi connectivity index (χ1n) is 7.98. The lowest BCUT2D eigenvalue weighted by Crippen LogP contribution is -2.36. The first-order chi connectivity index (χ1) is 12.3. The number of likely N-dealkylation sites (N-methyl/N-ethyl adjacent to an activating group) is 1. The molecule has 0 heterocycles. The molecule has 0 atom stereocenters. The number of halogens is 1. The van der Waals surface area contributed by atoms with Gasteiger partial charge in [-0.2, -0.15) is 0 Å². The van der Waals surface area contributed by atoms with Crippen molar-refractivity contribution in [1.82, 2.24) is 4.90 Å². The summed E-state index contributed by atoms with van der Waals surface area (Å²) in [5, 5.41) is 6.06. The number of nitrogens with zero attached hydrogens (tertiary/aromatic N) is 1. The molecule has 0 aromatic heterocycles. The quantitative estimate of drug-likeness (QED) is 0.731. The van der Waals surface area contributed by atoms with Crippen molar-refractivity contribution in [2.24, 2.45) is 0 Å². The summed E-state index contributed by atoms with van der Waals surface area (Å²) in [4.78, 5) is 36.9. The standard InChI is InChI=1S/C19H20ClN3O3/c1-13(24)14-3-7-16(8-4-14)21-18(25)11-23(2)12-19(26)22-17-9-5-15(20)6-10-17/h3-10H,11-12H2,1-2H3,(H,21,25)(H,22,26). The van der Waals surface area contributed by atoms with Gasteiger partial charge in [0.1, 0.15) is 0 Å². The zero-order valence-electron chi connectivity index (χ0n) is 14.6. The molecule has 0 bridgehead atoms. The molecule has 0 radical (unpaired) electrons. The lowest BCUT2D eigenvalue weighted by Gasteiger charge is -2.16. The van der Waals surface area contributed by atoms with Gasteiger partial charge in [0.15, 0.2) is 5.78 Å². The summed E-state index contributed by atoms with van der Waals surface area (Å²) in [6, 6.07) is 13.4. The lowest BCUT2D eigenvalue weighted by atomic mass is 10.1. The third-order valence-corrected chi connectivity index (χ3v) is 3.78. The zero-order chi connectivity index (χ0) is 19.1. The highest BCUT2D eigenvalue weighted by molar-refractivity contribution is 6.30. The molecule has 0 aliphatic carbocycles. The number of Topliss-reactive ketones (excluding diaryl/α,β-unsaturated/α-hetero) is 1. The molecule has 0 saturated carbocycles. The first-order valence-corrected chi connectivity index (χ1v) is 8.36. The number of anilines is 2. The van der Waals surface area contributed by atoms with Crippen LogP contribution in [-0.4, -0.2) is 42.6 Å². The van der Waals surface area contributed by atoms with Crippen LogP contribution in [-0.2, 0) is 9.59 Å². The number of hydrogen-bond donors (Lipinski definition) is 2. The lowest BCUT2D eigenvalue weighted by molar-refractivity contribution is -0.119. The van der Waals surface area contributed by atoms with Crippen molar-refractivity contribution in [1.29, 1.82) is 0 Å². The molecule has 2 rings (SSSR count). The molecule has 0 aliphatic heterocycles. The van der Waals surface area contributed by atoms with Crippen LogP contribution in [0.25, 0.3) is 0 Å². The molecule has 2 amide bonds. The van der Waals surface area contributed by atoms with Gasteiger partial charge in [-0.15, -0.1) is 0 Å². The highest BCUT2D eigenvalue weighted by Gasteiger charge is 2.11. The molecule has 2 aromatic carbocycles. The molecule has 6 nitrogen and oxygen atoms in total. The Morgan fingerprint density at radius 1 is 0.846 bits per heavy atom. The van der Waals surface area contributed by atoms with Crippen molar-refractivity contribution in [3.05, 3.63) is 59.1 Å². The number of carbonyl (C=O) groups is 3. The van der Waals surface area contributed by atoms with Crippen LogP contribution in [0.1, 0.15) is 17.3 Å². The van der Waals surface area contributed by atoms with Crippen LogP contribution in [0.3, 0.4) is 0 Å². The average Bonchev–Trinajstić information content (AvgIpc) is 2.57. The minimum Gasteiger partial charge on any atom is -0.325 e. The molecule has 26 heavy (non-hydrogen) atoms. The predicted octanol–water partition coefficient (Wildman–Crippen LogP) is 3.05. The fourth-order valence-corrected chi connectivity index (χ4v) is 2.39. The topological polar surface area (TPSA) is 78.5 Å². The van der Waals surface area contributed by atoms with Gasteiger partial charge in [-0.05, 0) is 62.5 Å². The maximum absolute atomic E-state index is 12.1. The summed E-state index contributed by atoms with van der Waals surface area (Å²) in [7, 11) is 1.68. The second-order valence-corrected chi connectivity index (χ2v) is 6.35. The fourth-order valence-electron chi connectivity index (χ4n) is 2.27. The van der Waals surface area contributed by atoms with Crippen LogP contribution >= 0.6 is 11.6 Å². The van der Waals surface area contributed by atoms with Gasteiger partial charge in [-0.25, -0.2) is 0 Å². The van der Waals surface area contributed by atoms with Crippen LogP contribution in [0.4, 0.5) is 11.4 Å². The molecular formula is C19H20ClN3O3. The van der Waals surface area contributed by atoms with E-state index in [0.29, 0.717) is 22.0 Å². The Balaban J connectivity index is 1.79. The normalized spacial score (nSPS) is 10.5. The molecule has 0 spiro atoms. The third-order valence-electron chi connectivity index (χ3n) is 3.53. The van der Waals surface area contributed by atoms with Crippen LogP contribution in [0.2, 0.25) is 5.02 Å². The predicted molar refractivity (Wildman–Crippen MR) is 103 cm³/mol. The highest BCUT2D eigenvalue weighted by atomic mass is 35.5. The Bertz CT molecular complexity index is 789. The van der Waals surface area contributed by atoms with E-state index in [4.69, 9.17) is 11.6 Å². The number of ketones is 1. The van der Waals surface area contributed by atoms with E-state index in [1.54, 1.807) is 60.5 Å². The number of amides is 2. The molecule has 2 N–H and O–H groups in total. The highest BCUT2D eigenvalue weighted by Crippen LogP contribution is 2.13. The summed E-state index contributed by atoms with van der Waals surface area (Å²) in [5.74, 6) is -0.509. The number of nitrogens with one attached hydrogen (secondary N) is 2. The molecule has 0 unspecified atom stereocenters. The second-order valence-electron chi connectivity index (χ2n) is 5.91. The largest absolute Gasteiger partial charge is 0.325 e. The monoisotopic (exact) mass is 373 g/mol. The van der Waals surface area contributed by atoms with Crippen molar-refractivity contribution in [3.63, 3.8) is 0 Å². The van der Waals surface area contributed by atoms with Gasteiger partial charge in [-0.1, -0.05) is 11.6 Å². The van der Waals surface area contributed by atoms with Crippen molar-refractivity contribution in [2.75, 3.05) is 30.8 Å². The summed E-state index contributed by atoms with van der Waals surface area (Å²) in [6.07, 6.45) is 0. The van der Waals surface area contributed by atoms with E-state index in [-0.39, 0.29) is 30.7 Å². The van der Waals surface area contributed by atoms with Crippen molar-refractivity contribution >= 4 is 40.6 Å². The van der Waals surface area contributed by atoms with E-state index in [0.717, 1.165) is 0 Å². The molecule has 0 aliphatic rings. The maximum atomic E-state index is 12.1. The van der Waals surface area contributed by atoms with Crippen molar-refractivity contribution in [3.8, 4) is 0 Å². The van der Waals surface area contributed by atoms with Gasteiger partial charge >= 0.3 is 0 Å². The summed E-state index contributed by atoms with van der Waals surface area (Å²) < 4.78 is 0. The smallest absolute Gasteiger partial charge is 0.238 e. The van der Waals surface area contributed by atoms with Crippen LogP contribution < -0.4 is 10.6 Å². The maximum Gasteiger partial charge on any atom is 0.238 e. The summed E-state index contributed by atoms with van der Waals surface area (Å²) >= 11 is 5.80. The number of carbonyl (C=O) groups excluding carboxylic acids is 3. The van der Waals surface area contributed by atoms with Crippen molar-refractivity contribution in [2.45, 2.75) is 6.92 Å². The van der Waals surface area contributed by atoms with Gasteiger partial charge in [-0.3, -0.25) is 19.3 Å². The molecule has 2 aromatic rings. The SMILES string of the molecule is CC(=O)c1ccc(NC(=O)CN(C)CC(=O)Nc2ccc(Cl)cc2)cc1. The third kappa shape index (κ3) is 6.31. The molecular weight excluding hydrogens is 354 g/mol. The van der Waals surface area contributed by atoms with Gasteiger partial charge in [0.2, 0.25) is 11.8 Å². The van der Waals surface area contributed by atoms with E-state index in [1.807, 2.05) is 0 Å². The molecule has 7 heteroatoms. The first kappa shape index (κ1) is 19.6. The molecule has 0 saturated heterocycles. The number of hydrogen-bond acceptors (Lipinski definition) is 4. The Morgan fingerprint density at radius 3 is 1.69 bits per heavy atom. The Morgan fingerprint density at radius 2 is 1.27 bits per heavy atom.